The second-order valence-corrected chi connectivity index (χ2v) is 4.35. The Balaban J connectivity index is 3.56. The Labute approximate surface area is 69.2 Å². The Kier molecular flexibility index (Phi) is 5.50. The van der Waals surface area contributed by atoms with Gasteiger partial charge in [0.25, 0.3) is 0 Å². The summed E-state index contributed by atoms with van der Waals surface area (Å²) in [6, 6.07) is 0. The zero-order chi connectivity index (χ0) is 8.74. The van der Waals surface area contributed by atoms with E-state index in [4.69, 9.17) is 0 Å². The molecule has 0 spiro atoms. The van der Waals surface area contributed by atoms with Crippen LogP contribution in [0.2, 0.25) is 0 Å². The van der Waals surface area contributed by atoms with Gasteiger partial charge in [0, 0.05) is 6.54 Å². The first-order valence-electron chi connectivity index (χ1n) is 3.89. The van der Waals surface area contributed by atoms with Crippen molar-refractivity contribution >= 4 is 10.0 Å². The van der Waals surface area contributed by atoms with Crippen LogP contribution in [0.15, 0.2) is 0 Å². The molecule has 0 saturated heterocycles. The first-order chi connectivity index (χ1) is 5.12. The lowest BCUT2D eigenvalue weighted by molar-refractivity contribution is 0.578. The van der Waals surface area contributed by atoms with Gasteiger partial charge in [0.1, 0.15) is 0 Å². The van der Waals surface area contributed by atoms with E-state index in [0.717, 1.165) is 12.8 Å². The van der Waals surface area contributed by atoms with Crippen LogP contribution >= 0.6 is 0 Å². The summed E-state index contributed by atoms with van der Waals surface area (Å²) in [5.41, 5.74) is 0. The number of hydrogen-bond donors (Lipinski definition) is 1. The van der Waals surface area contributed by atoms with Gasteiger partial charge in [-0.05, 0) is 12.8 Å². The molecule has 67 valence electrons. The normalized spacial score (nSPS) is 11.8. The highest BCUT2D eigenvalue weighted by atomic mass is 32.2. The first kappa shape index (κ1) is 10.9. The molecule has 0 aromatic rings. The van der Waals surface area contributed by atoms with Gasteiger partial charge in [-0.2, -0.15) is 0 Å². The van der Waals surface area contributed by atoms with E-state index in [-0.39, 0.29) is 5.75 Å². The summed E-state index contributed by atoms with van der Waals surface area (Å²) in [6.07, 6.45) is 2.34. The van der Waals surface area contributed by atoms with Crippen LogP contribution in [0, 0.1) is 6.92 Å². The van der Waals surface area contributed by atoms with Gasteiger partial charge in [0.2, 0.25) is 10.0 Å². The summed E-state index contributed by atoms with van der Waals surface area (Å²) < 4.78 is 24.4. The fraction of sp³-hybridized carbons (Fsp3) is 0.857. The van der Waals surface area contributed by atoms with E-state index < -0.39 is 10.0 Å². The van der Waals surface area contributed by atoms with E-state index >= 15 is 0 Å². The number of unbranched alkanes of at least 4 members (excludes halogenated alkanes) is 1. The predicted molar refractivity (Wildman–Crippen MR) is 46.7 cm³/mol. The highest BCUT2D eigenvalue weighted by Gasteiger charge is 2.05. The summed E-state index contributed by atoms with van der Waals surface area (Å²) in [6.45, 7) is 6.06. The minimum atomic E-state index is -3.02. The van der Waals surface area contributed by atoms with Gasteiger partial charge in [0.15, 0.2) is 0 Å². The van der Waals surface area contributed by atoms with Crippen LogP contribution in [0.3, 0.4) is 0 Å². The number of rotatable bonds is 6. The van der Waals surface area contributed by atoms with Gasteiger partial charge >= 0.3 is 0 Å². The van der Waals surface area contributed by atoms with Gasteiger partial charge in [-0.3, -0.25) is 0 Å². The van der Waals surface area contributed by atoms with Gasteiger partial charge < -0.3 is 0 Å². The maximum atomic E-state index is 11.0. The largest absolute Gasteiger partial charge is 0.215 e. The quantitative estimate of drug-likeness (QED) is 0.615. The monoisotopic (exact) mass is 178 g/mol. The van der Waals surface area contributed by atoms with Crippen molar-refractivity contribution in [1.29, 1.82) is 0 Å². The molecule has 0 heterocycles. The third-order valence-corrected chi connectivity index (χ3v) is 2.74. The Morgan fingerprint density at radius 1 is 1.45 bits per heavy atom. The third-order valence-electron chi connectivity index (χ3n) is 1.27. The zero-order valence-corrected chi connectivity index (χ0v) is 7.78. The number of hydrogen-bond acceptors (Lipinski definition) is 2. The average molecular weight is 178 g/mol. The maximum absolute atomic E-state index is 11.0. The Morgan fingerprint density at radius 3 is 2.55 bits per heavy atom. The molecule has 0 unspecified atom stereocenters. The van der Waals surface area contributed by atoms with E-state index in [0.29, 0.717) is 13.0 Å². The molecule has 0 aromatic carbocycles. The van der Waals surface area contributed by atoms with Crippen LogP contribution in [-0.2, 0) is 10.0 Å². The summed E-state index contributed by atoms with van der Waals surface area (Å²) in [4.78, 5) is 0. The van der Waals surface area contributed by atoms with Crippen LogP contribution in [0.4, 0.5) is 0 Å². The van der Waals surface area contributed by atoms with Crippen molar-refractivity contribution < 1.29 is 8.42 Å². The molecule has 0 aliphatic carbocycles. The molecule has 0 saturated carbocycles. The molecule has 11 heavy (non-hydrogen) atoms. The molecule has 0 aliphatic heterocycles. The van der Waals surface area contributed by atoms with Crippen molar-refractivity contribution in [2.24, 2.45) is 0 Å². The Bertz CT molecular complexity index is 175. The average Bonchev–Trinajstić information content (AvgIpc) is 1.87. The van der Waals surface area contributed by atoms with Gasteiger partial charge in [0.05, 0.1) is 5.75 Å². The molecule has 0 bridgehead atoms. The van der Waals surface area contributed by atoms with Gasteiger partial charge in [-0.15, -0.1) is 0 Å². The lowest BCUT2D eigenvalue weighted by Crippen LogP contribution is -2.26. The Morgan fingerprint density at radius 2 is 2.09 bits per heavy atom. The summed E-state index contributed by atoms with van der Waals surface area (Å²) in [5.74, 6) is 0.136. The van der Waals surface area contributed by atoms with E-state index in [1.165, 1.54) is 0 Å². The van der Waals surface area contributed by atoms with Crippen molar-refractivity contribution in [1.82, 2.24) is 4.72 Å². The molecular weight excluding hydrogens is 162 g/mol. The van der Waals surface area contributed by atoms with E-state index in [9.17, 15) is 8.42 Å². The Hall–Kier alpha value is -0.0900. The highest BCUT2D eigenvalue weighted by molar-refractivity contribution is 7.89. The molecule has 0 fully saturated rings. The minimum Gasteiger partial charge on any atom is -0.215 e. The van der Waals surface area contributed by atoms with E-state index in [1.807, 2.05) is 6.92 Å². The molecule has 3 nitrogen and oxygen atoms in total. The molecule has 0 rings (SSSR count). The molecular formula is C7H16NO2S. The van der Waals surface area contributed by atoms with Crippen molar-refractivity contribution in [2.45, 2.75) is 26.2 Å². The maximum Gasteiger partial charge on any atom is 0.211 e. The van der Waals surface area contributed by atoms with Crippen molar-refractivity contribution in [2.75, 3.05) is 12.3 Å². The molecule has 0 amide bonds. The second-order valence-electron chi connectivity index (χ2n) is 2.42. The smallest absolute Gasteiger partial charge is 0.211 e. The minimum absolute atomic E-state index is 0.136. The van der Waals surface area contributed by atoms with E-state index in [2.05, 4.69) is 11.6 Å². The van der Waals surface area contributed by atoms with Crippen molar-refractivity contribution in [3.05, 3.63) is 6.92 Å². The van der Waals surface area contributed by atoms with Gasteiger partial charge in [-0.1, -0.05) is 20.3 Å². The van der Waals surface area contributed by atoms with Crippen LogP contribution in [0.25, 0.3) is 0 Å². The molecule has 1 radical (unpaired) electrons. The standard InChI is InChI=1S/C7H16NO2S/c1-3-5-6-8-11(9,10)7-4-2/h8H,2-7H2,1H3. The fourth-order valence-corrected chi connectivity index (χ4v) is 1.65. The molecule has 0 aromatic heterocycles. The lowest BCUT2D eigenvalue weighted by atomic mass is 10.3. The second kappa shape index (κ2) is 5.55. The number of sulfonamides is 1. The molecule has 0 aliphatic rings. The topological polar surface area (TPSA) is 46.2 Å². The van der Waals surface area contributed by atoms with Crippen molar-refractivity contribution in [3.63, 3.8) is 0 Å². The fourth-order valence-electron chi connectivity index (χ4n) is 0.667. The first-order valence-corrected chi connectivity index (χ1v) is 5.54. The van der Waals surface area contributed by atoms with Crippen LogP contribution < -0.4 is 4.72 Å². The van der Waals surface area contributed by atoms with Crippen LogP contribution in [-0.4, -0.2) is 20.7 Å². The van der Waals surface area contributed by atoms with Crippen LogP contribution in [0.1, 0.15) is 26.2 Å². The summed E-state index contributed by atoms with van der Waals surface area (Å²) in [5, 5.41) is 0. The molecule has 1 N–H and O–H groups in total. The SMILES string of the molecule is [CH2]CCS(=O)(=O)NCCCC. The highest BCUT2D eigenvalue weighted by Crippen LogP contribution is 1.89. The zero-order valence-electron chi connectivity index (χ0n) is 6.97. The third kappa shape index (κ3) is 6.31. The summed E-state index contributed by atoms with van der Waals surface area (Å²) in [7, 11) is -3.02. The van der Waals surface area contributed by atoms with Gasteiger partial charge in [-0.25, -0.2) is 13.1 Å². The van der Waals surface area contributed by atoms with Crippen molar-refractivity contribution in [3.8, 4) is 0 Å². The lowest BCUT2D eigenvalue weighted by Gasteiger charge is -2.02. The molecule has 4 heteroatoms. The predicted octanol–water partition coefficient (Wildman–Crippen LogP) is 0.930. The van der Waals surface area contributed by atoms with Crippen LogP contribution in [0.5, 0.6) is 0 Å². The molecule has 0 atom stereocenters. The number of nitrogens with one attached hydrogen (secondary N) is 1. The van der Waals surface area contributed by atoms with E-state index in [1.54, 1.807) is 0 Å². The summed E-state index contributed by atoms with van der Waals surface area (Å²) >= 11 is 0.